The number of unbranched alkanes of at least 4 members (excludes halogenated alkanes) is 2. The highest BCUT2D eigenvalue weighted by Gasteiger charge is 2.16. The van der Waals surface area contributed by atoms with Crippen molar-refractivity contribution in [3.8, 4) is 6.07 Å². The Kier molecular flexibility index (Phi) is 6.32. The summed E-state index contributed by atoms with van der Waals surface area (Å²) < 4.78 is 0. The van der Waals surface area contributed by atoms with Crippen molar-refractivity contribution in [2.45, 2.75) is 25.8 Å². The molecule has 0 saturated carbocycles. The number of nitrogens with zero attached hydrogens (tertiary/aromatic N) is 3. The molecule has 0 spiro atoms. The average molecular weight is 292 g/mol. The predicted octanol–water partition coefficient (Wildman–Crippen LogP) is 3.15. The lowest BCUT2D eigenvalue weighted by atomic mass is 10.2. The second-order valence-corrected chi connectivity index (χ2v) is 5.80. The molecule has 1 heterocycles. The molecule has 0 aromatic heterocycles. The molecule has 0 aliphatic carbocycles. The van der Waals surface area contributed by atoms with Crippen LogP contribution >= 0.6 is 11.6 Å². The smallest absolute Gasteiger partial charge is 0.0621 e. The van der Waals surface area contributed by atoms with Crippen LogP contribution in [-0.2, 0) is 6.54 Å². The molecule has 4 heteroatoms. The molecule has 0 radical (unpaired) electrons. The lowest BCUT2D eigenvalue weighted by molar-refractivity contribution is 0.126. The highest BCUT2D eigenvalue weighted by molar-refractivity contribution is 6.30. The molecule has 3 nitrogen and oxygen atoms in total. The van der Waals surface area contributed by atoms with Crippen molar-refractivity contribution in [2.75, 3.05) is 32.7 Å². The van der Waals surface area contributed by atoms with Crippen molar-refractivity contribution in [1.29, 1.82) is 5.26 Å². The molecule has 0 unspecified atom stereocenters. The minimum atomic E-state index is 0.689. The number of nitriles is 1. The first-order valence-electron chi connectivity index (χ1n) is 7.34. The number of halogens is 1. The van der Waals surface area contributed by atoms with Crippen LogP contribution in [0.15, 0.2) is 24.3 Å². The lowest BCUT2D eigenvalue weighted by Crippen LogP contribution is -2.46. The van der Waals surface area contributed by atoms with Gasteiger partial charge in [-0.3, -0.25) is 4.90 Å². The van der Waals surface area contributed by atoms with E-state index in [4.69, 9.17) is 16.9 Å². The summed E-state index contributed by atoms with van der Waals surface area (Å²) in [4.78, 5) is 4.99. The molecule has 1 aliphatic heterocycles. The van der Waals surface area contributed by atoms with Crippen LogP contribution < -0.4 is 0 Å². The van der Waals surface area contributed by atoms with Crippen LogP contribution in [0.5, 0.6) is 0 Å². The van der Waals surface area contributed by atoms with Crippen LogP contribution in [0.25, 0.3) is 0 Å². The van der Waals surface area contributed by atoms with E-state index in [2.05, 4.69) is 28.0 Å². The highest BCUT2D eigenvalue weighted by Crippen LogP contribution is 2.14. The Morgan fingerprint density at radius 2 is 1.85 bits per heavy atom. The monoisotopic (exact) mass is 291 g/mol. The molecule has 0 amide bonds. The first-order chi connectivity index (χ1) is 9.78. The third-order valence-electron chi connectivity index (χ3n) is 3.77. The largest absolute Gasteiger partial charge is 0.301 e. The second kappa shape index (κ2) is 8.26. The van der Waals surface area contributed by atoms with Gasteiger partial charge in [0.2, 0.25) is 0 Å². The summed E-state index contributed by atoms with van der Waals surface area (Å²) in [7, 11) is 0. The van der Waals surface area contributed by atoms with Crippen molar-refractivity contribution < 1.29 is 0 Å². The van der Waals surface area contributed by atoms with Gasteiger partial charge in [-0.1, -0.05) is 23.7 Å². The summed E-state index contributed by atoms with van der Waals surface area (Å²) in [6.07, 6.45) is 2.86. The van der Waals surface area contributed by atoms with Gasteiger partial charge in [-0.05, 0) is 37.1 Å². The maximum atomic E-state index is 8.52. The Hall–Kier alpha value is -1.08. The Balaban J connectivity index is 1.68. The topological polar surface area (TPSA) is 30.3 Å². The minimum absolute atomic E-state index is 0.689. The van der Waals surface area contributed by atoms with Gasteiger partial charge in [0.15, 0.2) is 0 Å². The van der Waals surface area contributed by atoms with Gasteiger partial charge in [0.1, 0.15) is 0 Å². The summed E-state index contributed by atoms with van der Waals surface area (Å²) in [6, 6.07) is 10.3. The van der Waals surface area contributed by atoms with Crippen molar-refractivity contribution >= 4 is 11.6 Å². The predicted molar refractivity (Wildman–Crippen MR) is 82.6 cm³/mol. The molecule has 0 atom stereocenters. The van der Waals surface area contributed by atoms with Crippen molar-refractivity contribution in [1.82, 2.24) is 9.80 Å². The number of benzene rings is 1. The van der Waals surface area contributed by atoms with Crippen molar-refractivity contribution in [2.24, 2.45) is 0 Å². The molecule has 1 aliphatic rings. The zero-order valence-electron chi connectivity index (χ0n) is 11.9. The summed E-state index contributed by atoms with van der Waals surface area (Å²) in [5, 5.41) is 9.34. The van der Waals surface area contributed by atoms with Crippen LogP contribution in [0.2, 0.25) is 5.02 Å². The third-order valence-corrected chi connectivity index (χ3v) is 4.01. The van der Waals surface area contributed by atoms with E-state index in [0.717, 1.165) is 57.1 Å². The first kappa shape index (κ1) is 15.3. The fraction of sp³-hybridized carbons (Fsp3) is 0.562. The highest BCUT2D eigenvalue weighted by atomic mass is 35.5. The van der Waals surface area contributed by atoms with Gasteiger partial charge in [-0.15, -0.1) is 0 Å². The molecule has 1 aromatic rings. The Morgan fingerprint density at radius 1 is 1.10 bits per heavy atom. The summed E-state index contributed by atoms with van der Waals surface area (Å²) in [5.74, 6) is 0. The SMILES string of the molecule is N#CCCCCN1CCN(Cc2cccc(Cl)c2)CC1. The molecule has 1 aromatic carbocycles. The fourth-order valence-electron chi connectivity index (χ4n) is 2.60. The van der Waals surface area contributed by atoms with Crippen LogP contribution in [0.3, 0.4) is 0 Å². The summed E-state index contributed by atoms with van der Waals surface area (Å²) >= 11 is 6.02. The summed E-state index contributed by atoms with van der Waals surface area (Å²) in [6.45, 7) is 6.62. The van der Waals surface area contributed by atoms with E-state index in [1.807, 2.05) is 12.1 Å². The van der Waals surface area contributed by atoms with Gasteiger partial charge in [0.05, 0.1) is 6.07 Å². The Morgan fingerprint density at radius 3 is 2.55 bits per heavy atom. The van der Waals surface area contributed by atoms with E-state index in [1.54, 1.807) is 0 Å². The molecule has 20 heavy (non-hydrogen) atoms. The zero-order chi connectivity index (χ0) is 14.2. The minimum Gasteiger partial charge on any atom is -0.301 e. The maximum Gasteiger partial charge on any atom is 0.0621 e. The molecule has 1 fully saturated rings. The molecule has 1 saturated heterocycles. The van der Waals surface area contributed by atoms with Crippen molar-refractivity contribution in [3.05, 3.63) is 34.9 Å². The maximum absolute atomic E-state index is 8.52. The lowest BCUT2D eigenvalue weighted by Gasteiger charge is -2.34. The number of hydrogen-bond acceptors (Lipinski definition) is 3. The zero-order valence-corrected chi connectivity index (χ0v) is 12.6. The molecule has 108 valence electrons. The number of piperazine rings is 1. The van der Waals surface area contributed by atoms with Gasteiger partial charge in [0, 0.05) is 44.2 Å². The number of hydrogen-bond donors (Lipinski definition) is 0. The van der Waals surface area contributed by atoms with Gasteiger partial charge < -0.3 is 4.90 Å². The molecular weight excluding hydrogens is 270 g/mol. The van der Waals surface area contributed by atoms with Crippen LogP contribution in [-0.4, -0.2) is 42.5 Å². The number of rotatable bonds is 6. The Bertz CT molecular complexity index is 447. The third kappa shape index (κ3) is 5.13. The van der Waals surface area contributed by atoms with E-state index in [0.29, 0.717) is 6.42 Å². The quantitative estimate of drug-likeness (QED) is 0.754. The Labute approximate surface area is 126 Å². The van der Waals surface area contributed by atoms with Crippen LogP contribution in [0, 0.1) is 11.3 Å². The standard InChI is InChI=1S/C16H22ClN3/c17-16-6-4-5-15(13-16)14-20-11-9-19(10-12-20)8-3-1-2-7-18/h4-6,13H,1-3,8-12,14H2. The van der Waals surface area contributed by atoms with E-state index < -0.39 is 0 Å². The second-order valence-electron chi connectivity index (χ2n) is 5.36. The van der Waals surface area contributed by atoms with Gasteiger partial charge in [-0.25, -0.2) is 0 Å². The van der Waals surface area contributed by atoms with Crippen LogP contribution in [0.1, 0.15) is 24.8 Å². The van der Waals surface area contributed by atoms with E-state index >= 15 is 0 Å². The van der Waals surface area contributed by atoms with E-state index in [1.165, 1.54) is 5.56 Å². The molecular formula is C16H22ClN3. The fourth-order valence-corrected chi connectivity index (χ4v) is 2.82. The van der Waals surface area contributed by atoms with Crippen molar-refractivity contribution in [3.63, 3.8) is 0 Å². The average Bonchev–Trinajstić information content (AvgIpc) is 2.45. The molecule has 0 N–H and O–H groups in total. The molecule has 0 bridgehead atoms. The van der Waals surface area contributed by atoms with Gasteiger partial charge in [-0.2, -0.15) is 5.26 Å². The van der Waals surface area contributed by atoms with Gasteiger partial charge in [0.25, 0.3) is 0 Å². The summed E-state index contributed by atoms with van der Waals surface area (Å²) in [5.41, 5.74) is 1.29. The van der Waals surface area contributed by atoms with E-state index in [9.17, 15) is 0 Å². The van der Waals surface area contributed by atoms with Gasteiger partial charge >= 0.3 is 0 Å². The normalized spacial score (nSPS) is 17.0. The van der Waals surface area contributed by atoms with Crippen LogP contribution in [0.4, 0.5) is 0 Å². The molecule has 2 rings (SSSR count). The first-order valence-corrected chi connectivity index (χ1v) is 7.72. The van der Waals surface area contributed by atoms with E-state index in [-0.39, 0.29) is 0 Å².